The molecule has 1 saturated heterocycles. The van der Waals surface area contributed by atoms with Gasteiger partial charge in [0.2, 0.25) is 0 Å². The van der Waals surface area contributed by atoms with Crippen LogP contribution in [-0.4, -0.2) is 64.9 Å². The molecule has 3 aromatic rings. The molecule has 5 N–H and O–H groups in total. The first kappa shape index (κ1) is 19.3. The molecular formula is C20H23N5O5. The Labute approximate surface area is 171 Å². The smallest absolute Gasteiger partial charge is 0.167 e. The third-order valence-electron chi connectivity index (χ3n) is 5.92. The van der Waals surface area contributed by atoms with Crippen molar-refractivity contribution in [3.8, 4) is 0 Å². The lowest BCUT2D eigenvalue weighted by Crippen LogP contribution is -2.39. The zero-order valence-corrected chi connectivity index (χ0v) is 16.1. The van der Waals surface area contributed by atoms with E-state index in [-0.39, 0.29) is 0 Å². The summed E-state index contributed by atoms with van der Waals surface area (Å²) in [6, 6.07) is 7.75. The number of rotatable bonds is 4. The summed E-state index contributed by atoms with van der Waals surface area (Å²) in [6.07, 6.45) is 0.684. The molecule has 30 heavy (non-hydrogen) atoms. The van der Waals surface area contributed by atoms with Crippen molar-refractivity contribution in [1.29, 1.82) is 0 Å². The predicted octanol–water partition coefficient (Wildman–Crippen LogP) is 0.0313. The molecule has 0 radical (unpaired) electrons. The van der Waals surface area contributed by atoms with Crippen LogP contribution < -0.4 is 5.32 Å². The van der Waals surface area contributed by atoms with Crippen molar-refractivity contribution in [1.82, 2.24) is 19.5 Å². The minimum Gasteiger partial charge on any atom is -0.394 e. The molecule has 158 valence electrons. The van der Waals surface area contributed by atoms with Crippen molar-refractivity contribution >= 4 is 17.0 Å². The highest BCUT2D eigenvalue weighted by molar-refractivity contribution is 5.83. The Kier molecular flexibility index (Phi) is 4.68. The van der Waals surface area contributed by atoms with Crippen LogP contribution in [0, 0.1) is 0 Å². The lowest BCUT2D eigenvalue weighted by atomic mass is 9.84. The SMILES string of the molecule is OC[C@H]1O[C@@H](n2cnc3c(NC4(O)CCCc5ccccc54)ncnc32)[C@H](O)[C@@H]1O. The molecule has 5 atom stereocenters. The molecule has 3 heterocycles. The molecule has 10 nitrogen and oxygen atoms in total. The summed E-state index contributed by atoms with van der Waals surface area (Å²) >= 11 is 0. The molecule has 1 aromatic carbocycles. The topological polar surface area (TPSA) is 146 Å². The summed E-state index contributed by atoms with van der Waals surface area (Å²) in [5.41, 5.74) is 1.37. The van der Waals surface area contributed by atoms with Gasteiger partial charge < -0.3 is 30.5 Å². The molecule has 1 fully saturated rings. The van der Waals surface area contributed by atoms with E-state index in [0.29, 0.717) is 23.4 Å². The number of benzene rings is 1. The third-order valence-corrected chi connectivity index (χ3v) is 5.92. The summed E-state index contributed by atoms with van der Waals surface area (Å²) in [7, 11) is 0. The number of aryl methyl sites for hydroxylation is 1. The third kappa shape index (κ3) is 2.96. The lowest BCUT2D eigenvalue weighted by molar-refractivity contribution is -0.0511. The van der Waals surface area contributed by atoms with Gasteiger partial charge in [0.1, 0.15) is 24.6 Å². The van der Waals surface area contributed by atoms with Crippen LogP contribution in [0.4, 0.5) is 5.82 Å². The van der Waals surface area contributed by atoms with Crippen LogP contribution >= 0.6 is 0 Å². The molecule has 2 aromatic heterocycles. The Bertz CT molecular complexity index is 1070. The van der Waals surface area contributed by atoms with Gasteiger partial charge in [-0.3, -0.25) is 4.57 Å². The van der Waals surface area contributed by atoms with Gasteiger partial charge in [0.15, 0.2) is 28.9 Å². The highest BCUT2D eigenvalue weighted by Gasteiger charge is 2.44. The number of hydrogen-bond acceptors (Lipinski definition) is 9. The number of aliphatic hydroxyl groups is 4. The van der Waals surface area contributed by atoms with Gasteiger partial charge in [-0.2, -0.15) is 0 Å². The van der Waals surface area contributed by atoms with Crippen LogP contribution in [0.3, 0.4) is 0 Å². The lowest BCUT2D eigenvalue weighted by Gasteiger charge is -2.35. The number of hydrogen-bond donors (Lipinski definition) is 5. The monoisotopic (exact) mass is 413 g/mol. The Balaban J connectivity index is 1.51. The standard InChI is InChI=1S/C20H23N5O5/c26-8-13-15(27)16(28)19(30-13)25-10-23-14-17(21-9-22-18(14)25)24-20(29)7-3-5-11-4-1-2-6-12(11)20/h1-2,4,6,9-10,13,15-16,19,26-29H,3,5,7-8H2,(H,21,22,24)/t13-,15-,16-,19-,20?/m1/s1. The minimum atomic E-state index is -1.29. The Morgan fingerprint density at radius 3 is 2.80 bits per heavy atom. The maximum absolute atomic E-state index is 11.4. The number of nitrogens with one attached hydrogen (secondary N) is 1. The van der Waals surface area contributed by atoms with E-state index in [2.05, 4.69) is 20.3 Å². The van der Waals surface area contributed by atoms with Gasteiger partial charge in [0, 0.05) is 5.56 Å². The molecule has 2 aliphatic rings. The molecular weight excluding hydrogens is 390 g/mol. The van der Waals surface area contributed by atoms with Gasteiger partial charge in [0.25, 0.3) is 0 Å². The van der Waals surface area contributed by atoms with Gasteiger partial charge in [0.05, 0.1) is 12.9 Å². The number of anilines is 1. The summed E-state index contributed by atoms with van der Waals surface area (Å²) in [6.45, 7) is -0.421. The average molecular weight is 413 g/mol. The summed E-state index contributed by atoms with van der Waals surface area (Å²) in [5.74, 6) is 0.352. The largest absolute Gasteiger partial charge is 0.394 e. The first-order valence-corrected chi connectivity index (χ1v) is 9.91. The zero-order valence-electron chi connectivity index (χ0n) is 16.1. The van der Waals surface area contributed by atoms with E-state index < -0.39 is 36.9 Å². The van der Waals surface area contributed by atoms with Crippen molar-refractivity contribution in [2.24, 2.45) is 0 Å². The van der Waals surface area contributed by atoms with E-state index in [1.165, 1.54) is 17.2 Å². The Hall–Kier alpha value is -2.63. The fourth-order valence-electron chi connectivity index (χ4n) is 4.38. The normalized spacial score (nSPS) is 31.1. The molecule has 1 unspecified atom stereocenters. The molecule has 5 rings (SSSR count). The van der Waals surface area contributed by atoms with Crippen LogP contribution in [0.1, 0.15) is 30.2 Å². The number of aliphatic hydroxyl groups excluding tert-OH is 3. The quantitative estimate of drug-likeness (QED) is 0.374. The Morgan fingerprint density at radius 2 is 2.00 bits per heavy atom. The van der Waals surface area contributed by atoms with Gasteiger partial charge in [-0.15, -0.1) is 0 Å². The van der Waals surface area contributed by atoms with Gasteiger partial charge in [-0.25, -0.2) is 15.0 Å². The van der Waals surface area contributed by atoms with E-state index >= 15 is 0 Å². The highest BCUT2D eigenvalue weighted by Crippen LogP contribution is 2.37. The second-order valence-electron chi connectivity index (χ2n) is 7.77. The van der Waals surface area contributed by atoms with Crippen molar-refractivity contribution in [3.05, 3.63) is 48.0 Å². The van der Waals surface area contributed by atoms with Gasteiger partial charge in [-0.05, 0) is 24.8 Å². The maximum Gasteiger partial charge on any atom is 0.167 e. The molecule has 0 amide bonds. The summed E-state index contributed by atoms with van der Waals surface area (Å²) < 4.78 is 7.08. The van der Waals surface area contributed by atoms with E-state index in [4.69, 9.17) is 4.74 Å². The van der Waals surface area contributed by atoms with Crippen molar-refractivity contribution in [3.63, 3.8) is 0 Å². The maximum atomic E-state index is 11.4. The fraction of sp³-hybridized carbons (Fsp3) is 0.450. The minimum absolute atomic E-state index is 0.352. The zero-order chi connectivity index (χ0) is 20.9. The first-order valence-electron chi connectivity index (χ1n) is 9.91. The Morgan fingerprint density at radius 1 is 1.17 bits per heavy atom. The van der Waals surface area contributed by atoms with Crippen LogP contribution in [0.5, 0.6) is 0 Å². The number of aromatic nitrogens is 4. The van der Waals surface area contributed by atoms with Crippen LogP contribution in [0.15, 0.2) is 36.9 Å². The van der Waals surface area contributed by atoms with Crippen molar-refractivity contribution in [2.45, 2.75) is 49.5 Å². The number of imidazole rings is 1. The van der Waals surface area contributed by atoms with Gasteiger partial charge >= 0.3 is 0 Å². The first-order chi connectivity index (χ1) is 14.5. The highest BCUT2D eigenvalue weighted by atomic mass is 16.6. The number of fused-ring (bicyclic) bond motifs is 2. The summed E-state index contributed by atoms with van der Waals surface area (Å²) in [5, 5.41) is 44.2. The van der Waals surface area contributed by atoms with E-state index in [9.17, 15) is 20.4 Å². The van der Waals surface area contributed by atoms with Crippen LogP contribution in [0.25, 0.3) is 11.2 Å². The molecule has 1 aliphatic heterocycles. The summed E-state index contributed by atoms with van der Waals surface area (Å²) in [4.78, 5) is 12.9. The molecule has 10 heteroatoms. The predicted molar refractivity (Wildman–Crippen MR) is 105 cm³/mol. The molecule has 0 saturated carbocycles. The van der Waals surface area contributed by atoms with E-state index in [1.807, 2.05) is 24.3 Å². The average Bonchev–Trinajstić information content (AvgIpc) is 3.30. The van der Waals surface area contributed by atoms with E-state index in [0.717, 1.165) is 24.0 Å². The number of nitrogens with zero attached hydrogens (tertiary/aromatic N) is 4. The van der Waals surface area contributed by atoms with E-state index in [1.54, 1.807) is 0 Å². The van der Waals surface area contributed by atoms with Gasteiger partial charge in [-0.1, -0.05) is 24.3 Å². The molecule has 0 bridgehead atoms. The molecule has 0 spiro atoms. The second-order valence-corrected chi connectivity index (χ2v) is 7.77. The fourth-order valence-corrected chi connectivity index (χ4v) is 4.38. The second kappa shape index (κ2) is 7.25. The molecule has 1 aliphatic carbocycles. The van der Waals surface area contributed by atoms with Crippen LogP contribution in [0.2, 0.25) is 0 Å². The van der Waals surface area contributed by atoms with Crippen LogP contribution in [-0.2, 0) is 16.9 Å². The van der Waals surface area contributed by atoms with Crippen molar-refractivity contribution < 1.29 is 25.2 Å². The van der Waals surface area contributed by atoms with Crippen molar-refractivity contribution in [2.75, 3.05) is 11.9 Å². The number of ether oxygens (including phenoxy) is 1.